The number of ether oxygens (including phenoxy) is 2. The number of ketones is 1. The third kappa shape index (κ3) is 8.94. The summed E-state index contributed by atoms with van der Waals surface area (Å²) in [7, 11) is 1.54. The summed E-state index contributed by atoms with van der Waals surface area (Å²) in [6.07, 6.45) is 1.28. The van der Waals surface area contributed by atoms with Gasteiger partial charge in [-0.2, -0.15) is 0 Å². The summed E-state index contributed by atoms with van der Waals surface area (Å²) in [6, 6.07) is 22.6. The minimum absolute atomic E-state index is 0.0368. The topological polar surface area (TPSA) is 111 Å². The highest BCUT2D eigenvalue weighted by atomic mass is 32.2. The van der Waals surface area contributed by atoms with E-state index in [1.807, 2.05) is 0 Å². The molecule has 0 atom stereocenters. The first-order valence-corrected chi connectivity index (χ1v) is 12.8. The summed E-state index contributed by atoms with van der Waals surface area (Å²) in [5.74, 6) is -1.07. The number of esters is 1. The van der Waals surface area contributed by atoms with Gasteiger partial charge in [-0.15, -0.1) is 11.8 Å². The lowest BCUT2D eigenvalue weighted by Crippen LogP contribution is -2.30. The third-order valence-electron chi connectivity index (χ3n) is 5.07. The minimum Gasteiger partial charge on any atom is -0.497 e. The Kier molecular flexibility index (Phi) is 10.7. The van der Waals surface area contributed by atoms with Crippen molar-refractivity contribution in [2.45, 2.75) is 18.2 Å². The van der Waals surface area contributed by atoms with Crippen molar-refractivity contribution in [3.63, 3.8) is 0 Å². The van der Waals surface area contributed by atoms with Crippen LogP contribution in [0.2, 0.25) is 0 Å². The Labute approximate surface area is 225 Å². The molecule has 3 aromatic carbocycles. The maximum Gasteiger partial charge on any atom is 0.313 e. The standard InChI is InChI=1S/C29H28N2O6S/c1-3-37-27(33)18-23(32)19-38-25-14-8-12-22(17-25)30-29(35)26(16-20-9-7-13-24(15-20)36-2)31-28(34)21-10-5-4-6-11-21/h4-17H,3,18-19H2,1-2H3,(H,30,35)(H,31,34)/b26-16+. The average molecular weight is 533 g/mol. The zero-order chi connectivity index (χ0) is 27.3. The molecule has 3 rings (SSSR count). The van der Waals surface area contributed by atoms with E-state index in [0.29, 0.717) is 22.6 Å². The number of amides is 2. The molecular formula is C29H28N2O6S. The predicted octanol–water partition coefficient (Wildman–Crippen LogP) is 4.72. The summed E-state index contributed by atoms with van der Waals surface area (Å²) >= 11 is 1.25. The van der Waals surface area contributed by atoms with Crippen LogP contribution in [0.4, 0.5) is 5.69 Å². The highest BCUT2D eigenvalue weighted by molar-refractivity contribution is 8.00. The lowest BCUT2D eigenvalue weighted by atomic mass is 10.1. The van der Waals surface area contributed by atoms with E-state index in [-0.39, 0.29) is 30.3 Å². The molecule has 9 heteroatoms. The number of thioether (sulfide) groups is 1. The molecule has 0 aliphatic carbocycles. The maximum atomic E-state index is 13.3. The molecule has 2 N–H and O–H groups in total. The Hall–Kier alpha value is -4.37. The Morgan fingerprint density at radius 2 is 1.68 bits per heavy atom. The molecular weight excluding hydrogens is 504 g/mol. The minimum atomic E-state index is -0.549. The van der Waals surface area contributed by atoms with Crippen molar-refractivity contribution in [3.05, 3.63) is 95.7 Å². The van der Waals surface area contributed by atoms with Gasteiger partial charge in [0.25, 0.3) is 11.8 Å². The van der Waals surface area contributed by atoms with Gasteiger partial charge in [0.15, 0.2) is 5.78 Å². The van der Waals surface area contributed by atoms with Gasteiger partial charge in [0.05, 0.1) is 19.5 Å². The summed E-state index contributed by atoms with van der Waals surface area (Å²) in [5, 5.41) is 5.50. The van der Waals surface area contributed by atoms with Crippen LogP contribution in [0.1, 0.15) is 29.3 Å². The van der Waals surface area contributed by atoms with Gasteiger partial charge in [0.2, 0.25) is 0 Å². The van der Waals surface area contributed by atoms with Crippen LogP contribution in [0.15, 0.2) is 89.5 Å². The molecule has 2 amide bonds. The van der Waals surface area contributed by atoms with E-state index in [4.69, 9.17) is 9.47 Å². The van der Waals surface area contributed by atoms with Crippen LogP contribution < -0.4 is 15.4 Å². The van der Waals surface area contributed by atoms with Gasteiger partial charge in [-0.1, -0.05) is 36.4 Å². The van der Waals surface area contributed by atoms with E-state index < -0.39 is 17.8 Å². The van der Waals surface area contributed by atoms with Gasteiger partial charge in [-0.25, -0.2) is 0 Å². The van der Waals surface area contributed by atoms with Gasteiger partial charge in [0.1, 0.15) is 17.9 Å². The molecule has 0 fully saturated rings. The van der Waals surface area contributed by atoms with E-state index in [1.165, 1.54) is 11.8 Å². The Morgan fingerprint density at radius 1 is 0.921 bits per heavy atom. The second-order valence-electron chi connectivity index (χ2n) is 7.95. The second-order valence-corrected chi connectivity index (χ2v) is 8.99. The lowest BCUT2D eigenvalue weighted by molar-refractivity contribution is -0.145. The molecule has 3 aromatic rings. The summed E-state index contributed by atoms with van der Waals surface area (Å²) < 4.78 is 10.1. The van der Waals surface area contributed by atoms with Crippen LogP contribution in [-0.4, -0.2) is 43.0 Å². The van der Waals surface area contributed by atoms with Crippen LogP contribution in [0, 0.1) is 0 Å². The average Bonchev–Trinajstić information content (AvgIpc) is 2.92. The molecule has 0 radical (unpaired) electrons. The molecule has 0 saturated carbocycles. The van der Waals surface area contributed by atoms with Crippen LogP contribution >= 0.6 is 11.8 Å². The van der Waals surface area contributed by atoms with E-state index in [9.17, 15) is 19.2 Å². The summed E-state index contributed by atoms with van der Waals surface area (Å²) in [6.45, 7) is 1.91. The zero-order valence-corrected chi connectivity index (χ0v) is 21.9. The molecule has 38 heavy (non-hydrogen) atoms. The van der Waals surface area contributed by atoms with Crippen molar-refractivity contribution in [3.8, 4) is 5.75 Å². The Bertz CT molecular complexity index is 1320. The Morgan fingerprint density at radius 3 is 2.42 bits per heavy atom. The van der Waals surface area contributed by atoms with E-state index >= 15 is 0 Å². The monoisotopic (exact) mass is 532 g/mol. The molecule has 0 aromatic heterocycles. The van der Waals surface area contributed by atoms with Crippen molar-refractivity contribution in [2.24, 2.45) is 0 Å². The van der Waals surface area contributed by atoms with Crippen molar-refractivity contribution in [2.75, 3.05) is 24.8 Å². The highest BCUT2D eigenvalue weighted by Crippen LogP contribution is 2.23. The van der Waals surface area contributed by atoms with E-state index in [0.717, 1.165) is 4.90 Å². The van der Waals surface area contributed by atoms with Gasteiger partial charge in [-0.3, -0.25) is 19.2 Å². The van der Waals surface area contributed by atoms with Crippen molar-refractivity contribution >= 4 is 47.1 Å². The van der Waals surface area contributed by atoms with Gasteiger partial charge < -0.3 is 20.1 Å². The fourth-order valence-electron chi connectivity index (χ4n) is 3.29. The molecule has 0 saturated heterocycles. The SMILES string of the molecule is CCOC(=O)CC(=O)CSc1cccc(NC(=O)/C(=C\c2cccc(OC)c2)NC(=O)c2ccccc2)c1. The predicted molar refractivity (Wildman–Crippen MR) is 147 cm³/mol. The zero-order valence-electron chi connectivity index (χ0n) is 21.1. The highest BCUT2D eigenvalue weighted by Gasteiger charge is 2.16. The molecule has 0 unspecified atom stereocenters. The molecule has 8 nitrogen and oxygen atoms in total. The number of hydrogen-bond acceptors (Lipinski definition) is 7. The fourth-order valence-corrected chi connectivity index (χ4v) is 4.11. The van der Waals surface area contributed by atoms with Crippen LogP contribution in [-0.2, 0) is 19.1 Å². The number of anilines is 1. The molecule has 0 bridgehead atoms. The maximum absolute atomic E-state index is 13.3. The van der Waals surface area contributed by atoms with Gasteiger partial charge >= 0.3 is 5.97 Å². The third-order valence-corrected chi connectivity index (χ3v) is 6.13. The normalized spacial score (nSPS) is 10.8. The summed E-state index contributed by atoms with van der Waals surface area (Å²) in [4.78, 5) is 50.4. The van der Waals surface area contributed by atoms with Crippen LogP contribution in [0.3, 0.4) is 0 Å². The Balaban J connectivity index is 1.75. The van der Waals surface area contributed by atoms with E-state index in [1.54, 1.807) is 99.0 Å². The molecule has 0 heterocycles. The first-order chi connectivity index (χ1) is 18.4. The first kappa shape index (κ1) is 28.2. The quantitative estimate of drug-likeness (QED) is 0.150. The fraction of sp³-hybridized carbons (Fsp3) is 0.172. The molecule has 0 spiro atoms. The lowest BCUT2D eigenvalue weighted by Gasteiger charge is -2.12. The number of methoxy groups -OCH3 is 1. The number of hydrogen-bond donors (Lipinski definition) is 2. The van der Waals surface area contributed by atoms with Crippen LogP contribution in [0.5, 0.6) is 5.75 Å². The van der Waals surface area contributed by atoms with Gasteiger partial charge in [-0.05, 0) is 61.0 Å². The number of rotatable bonds is 12. The van der Waals surface area contributed by atoms with E-state index in [2.05, 4.69) is 10.6 Å². The first-order valence-electron chi connectivity index (χ1n) is 11.8. The number of benzene rings is 3. The van der Waals surface area contributed by atoms with Crippen LogP contribution in [0.25, 0.3) is 6.08 Å². The number of nitrogens with one attached hydrogen (secondary N) is 2. The smallest absolute Gasteiger partial charge is 0.313 e. The number of carbonyl (C=O) groups is 4. The van der Waals surface area contributed by atoms with Gasteiger partial charge in [0, 0.05) is 16.1 Å². The molecule has 0 aliphatic rings. The van der Waals surface area contributed by atoms with Crippen molar-refractivity contribution < 1.29 is 28.7 Å². The number of carbonyl (C=O) groups excluding carboxylic acids is 4. The summed E-state index contributed by atoms with van der Waals surface area (Å²) in [5.41, 5.74) is 1.58. The second kappa shape index (κ2) is 14.4. The number of Topliss-reactive ketones (excluding diaryl/α,β-unsaturated/α-hetero) is 1. The largest absolute Gasteiger partial charge is 0.497 e. The molecule has 0 aliphatic heterocycles. The molecule has 196 valence electrons. The van der Waals surface area contributed by atoms with Crippen molar-refractivity contribution in [1.29, 1.82) is 0 Å². The van der Waals surface area contributed by atoms with Crippen molar-refractivity contribution in [1.82, 2.24) is 5.32 Å².